The van der Waals surface area contributed by atoms with Gasteiger partial charge in [0.1, 0.15) is 6.07 Å². The number of fused-ring (bicyclic) bond motifs is 1. The van der Waals surface area contributed by atoms with Gasteiger partial charge in [-0.1, -0.05) is 0 Å². The van der Waals surface area contributed by atoms with Crippen molar-refractivity contribution >= 4 is 21.4 Å². The van der Waals surface area contributed by atoms with Crippen LogP contribution in [0.25, 0.3) is 10.1 Å². The Bertz CT molecular complexity index is 543. The normalized spacial score (nSPS) is 10.4. The summed E-state index contributed by atoms with van der Waals surface area (Å²) in [6.07, 6.45) is 0. The van der Waals surface area contributed by atoms with Crippen molar-refractivity contribution in [2.75, 3.05) is 0 Å². The van der Waals surface area contributed by atoms with E-state index in [-0.39, 0.29) is 0 Å². The van der Waals surface area contributed by atoms with Crippen molar-refractivity contribution in [2.45, 2.75) is 20.8 Å². The van der Waals surface area contributed by atoms with Crippen LogP contribution in [0.5, 0.6) is 0 Å². The number of hydrogen-bond donors (Lipinski definition) is 0. The molecule has 0 atom stereocenters. The van der Waals surface area contributed by atoms with Crippen LogP contribution in [0.15, 0.2) is 12.1 Å². The highest BCUT2D eigenvalue weighted by Gasteiger charge is 2.09. The summed E-state index contributed by atoms with van der Waals surface area (Å²) in [5.41, 5.74) is 3.39. The summed E-state index contributed by atoms with van der Waals surface area (Å²) >= 11 is 1.70. The first-order valence-electron chi connectivity index (χ1n) is 4.54. The maximum absolute atomic E-state index is 9.02. The van der Waals surface area contributed by atoms with Crippen LogP contribution in [-0.2, 0) is 0 Å². The van der Waals surface area contributed by atoms with E-state index in [4.69, 9.17) is 5.26 Å². The van der Waals surface area contributed by atoms with E-state index in [9.17, 15) is 0 Å². The molecular formula is C12H11NS. The van der Waals surface area contributed by atoms with Crippen molar-refractivity contribution < 1.29 is 0 Å². The van der Waals surface area contributed by atoms with Gasteiger partial charge in [-0.3, -0.25) is 0 Å². The Hall–Kier alpha value is -1.33. The molecule has 70 valence electrons. The van der Waals surface area contributed by atoms with Crippen molar-refractivity contribution in [3.63, 3.8) is 0 Å². The maximum atomic E-state index is 9.02. The Morgan fingerprint density at radius 2 is 1.79 bits per heavy atom. The molecule has 0 unspecified atom stereocenters. The van der Waals surface area contributed by atoms with Gasteiger partial charge in [0.05, 0.1) is 5.56 Å². The van der Waals surface area contributed by atoms with E-state index in [1.54, 1.807) is 11.3 Å². The van der Waals surface area contributed by atoms with Gasteiger partial charge in [0, 0.05) is 15.0 Å². The zero-order valence-electron chi connectivity index (χ0n) is 8.51. The zero-order valence-corrected chi connectivity index (χ0v) is 9.33. The lowest BCUT2D eigenvalue weighted by molar-refractivity contribution is 1.37. The topological polar surface area (TPSA) is 23.8 Å². The lowest BCUT2D eigenvalue weighted by Gasteiger charge is -1.99. The highest BCUT2D eigenvalue weighted by atomic mass is 32.1. The molecular weight excluding hydrogens is 190 g/mol. The fourth-order valence-corrected chi connectivity index (χ4v) is 2.71. The molecule has 0 aliphatic rings. The third-order valence-corrected chi connectivity index (χ3v) is 3.66. The average molecular weight is 201 g/mol. The molecule has 0 aliphatic carbocycles. The van der Waals surface area contributed by atoms with Gasteiger partial charge >= 0.3 is 0 Å². The lowest BCUT2D eigenvalue weighted by Crippen LogP contribution is -1.80. The van der Waals surface area contributed by atoms with Gasteiger partial charge in [0.2, 0.25) is 0 Å². The molecule has 2 rings (SSSR count). The van der Waals surface area contributed by atoms with Crippen LogP contribution in [-0.4, -0.2) is 0 Å². The second-order valence-electron chi connectivity index (χ2n) is 3.58. The number of nitriles is 1. The van der Waals surface area contributed by atoms with Crippen molar-refractivity contribution in [3.05, 3.63) is 33.7 Å². The Kier molecular flexibility index (Phi) is 2.05. The van der Waals surface area contributed by atoms with Gasteiger partial charge in [0.25, 0.3) is 0 Å². The maximum Gasteiger partial charge on any atom is 0.101 e. The fourth-order valence-electron chi connectivity index (χ4n) is 1.61. The molecule has 2 aromatic rings. The molecule has 0 amide bonds. The van der Waals surface area contributed by atoms with Gasteiger partial charge in [-0.15, -0.1) is 11.3 Å². The number of benzene rings is 1. The third kappa shape index (κ3) is 1.21. The van der Waals surface area contributed by atoms with Crippen molar-refractivity contribution in [3.8, 4) is 6.07 Å². The number of aryl methyl sites for hydroxylation is 3. The molecule has 1 heterocycles. The summed E-state index contributed by atoms with van der Waals surface area (Å²) in [4.78, 5) is 1.12. The van der Waals surface area contributed by atoms with Crippen LogP contribution in [0.4, 0.5) is 0 Å². The molecule has 14 heavy (non-hydrogen) atoms. The molecule has 0 N–H and O–H groups in total. The zero-order chi connectivity index (χ0) is 10.3. The third-order valence-electron chi connectivity index (χ3n) is 2.59. The Balaban J connectivity index is 2.91. The summed E-state index contributed by atoms with van der Waals surface area (Å²) < 4.78 is 1.22. The highest BCUT2D eigenvalue weighted by molar-refractivity contribution is 7.19. The monoisotopic (exact) mass is 201 g/mol. The molecule has 0 radical (unpaired) electrons. The van der Waals surface area contributed by atoms with Gasteiger partial charge in [0.15, 0.2) is 0 Å². The second kappa shape index (κ2) is 3.11. The van der Waals surface area contributed by atoms with Gasteiger partial charge < -0.3 is 0 Å². The summed E-state index contributed by atoms with van der Waals surface area (Å²) in [5.74, 6) is 0. The molecule has 0 bridgehead atoms. The van der Waals surface area contributed by atoms with E-state index in [2.05, 4.69) is 32.0 Å². The SMILES string of the molecule is Cc1cc2sc(C)c(C#N)c2cc1C. The number of hydrogen-bond acceptors (Lipinski definition) is 2. The minimum absolute atomic E-state index is 0.841. The van der Waals surface area contributed by atoms with E-state index >= 15 is 0 Å². The quantitative estimate of drug-likeness (QED) is 0.637. The Labute approximate surface area is 87.6 Å². The first kappa shape index (κ1) is 9.23. The second-order valence-corrected chi connectivity index (χ2v) is 4.83. The van der Waals surface area contributed by atoms with E-state index in [1.165, 1.54) is 15.8 Å². The van der Waals surface area contributed by atoms with E-state index in [1.807, 2.05) is 6.92 Å². The summed E-state index contributed by atoms with van der Waals surface area (Å²) in [7, 11) is 0. The minimum Gasteiger partial charge on any atom is -0.192 e. The smallest absolute Gasteiger partial charge is 0.101 e. The van der Waals surface area contributed by atoms with Crippen molar-refractivity contribution in [2.24, 2.45) is 0 Å². The largest absolute Gasteiger partial charge is 0.192 e. The van der Waals surface area contributed by atoms with Crippen LogP contribution < -0.4 is 0 Å². The Morgan fingerprint density at radius 1 is 1.14 bits per heavy atom. The van der Waals surface area contributed by atoms with E-state index in [0.29, 0.717) is 0 Å². The molecule has 2 heteroatoms. The van der Waals surface area contributed by atoms with E-state index in [0.717, 1.165) is 15.8 Å². The highest BCUT2D eigenvalue weighted by Crippen LogP contribution is 2.32. The first-order chi connectivity index (χ1) is 6.63. The molecule has 1 aromatic carbocycles. The van der Waals surface area contributed by atoms with E-state index < -0.39 is 0 Å². The molecule has 0 fully saturated rings. The van der Waals surface area contributed by atoms with Crippen LogP contribution >= 0.6 is 11.3 Å². The van der Waals surface area contributed by atoms with Gasteiger partial charge in [-0.25, -0.2) is 0 Å². The van der Waals surface area contributed by atoms with Crippen LogP contribution in [0.2, 0.25) is 0 Å². The molecule has 1 aromatic heterocycles. The van der Waals surface area contributed by atoms with Crippen LogP contribution in [0.3, 0.4) is 0 Å². The minimum atomic E-state index is 0.841. The summed E-state index contributed by atoms with van der Waals surface area (Å²) in [6.45, 7) is 6.20. The molecule has 0 aliphatic heterocycles. The molecule has 0 saturated carbocycles. The molecule has 1 nitrogen and oxygen atoms in total. The first-order valence-corrected chi connectivity index (χ1v) is 5.35. The standard InChI is InChI=1S/C12H11NS/c1-7-4-10-11(6-13)9(3)14-12(10)5-8(7)2/h4-5H,1-3H3. The van der Waals surface area contributed by atoms with Crippen molar-refractivity contribution in [1.29, 1.82) is 5.26 Å². The molecule has 0 saturated heterocycles. The predicted molar refractivity (Wildman–Crippen MR) is 60.8 cm³/mol. The predicted octanol–water partition coefficient (Wildman–Crippen LogP) is 3.70. The number of thiophene rings is 1. The number of rotatable bonds is 0. The van der Waals surface area contributed by atoms with Crippen molar-refractivity contribution in [1.82, 2.24) is 0 Å². The molecule has 0 spiro atoms. The lowest BCUT2D eigenvalue weighted by atomic mass is 10.1. The van der Waals surface area contributed by atoms with Crippen LogP contribution in [0, 0.1) is 32.1 Å². The summed E-state index contributed by atoms with van der Waals surface area (Å²) in [6, 6.07) is 6.56. The number of nitrogens with zero attached hydrogens (tertiary/aromatic N) is 1. The Morgan fingerprint density at radius 3 is 2.43 bits per heavy atom. The van der Waals surface area contributed by atoms with Gasteiger partial charge in [-0.05, 0) is 44.0 Å². The van der Waals surface area contributed by atoms with Gasteiger partial charge in [-0.2, -0.15) is 5.26 Å². The average Bonchev–Trinajstić information content (AvgIpc) is 2.42. The fraction of sp³-hybridized carbons (Fsp3) is 0.250. The van der Waals surface area contributed by atoms with Crippen LogP contribution in [0.1, 0.15) is 21.6 Å². The summed E-state index contributed by atoms with van der Waals surface area (Å²) in [5, 5.41) is 10.1.